The Morgan fingerprint density at radius 1 is 1.05 bits per heavy atom. The maximum absolute atomic E-state index is 12.8. The van der Waals surface area contributed by atoms with E-state index < -0.39 is 11.7 Å². The molecule has 5 rings (SSSR count). The Kier molecular flexibility index (Phi) is 8.25. The lowest BCUT2D eigenvalue weighted by Crippen LogP contribution is -2.35. The number of pyridine rings is 1. The first-order valence-corrected chi connectivity index (χ1v) is 11.8. The zero-order chi connectivity index (χ0) is 26.0. The number of amides is 1. The Labute approximate surface area is 223 Å². The summed E-state index contributed by atoms with van der Waals surface area (Å²) in [6, 6.07) is 13.4. The number of rotatable bonds is 6. The van der Waals surface area contributed by atoms with Gasteiger partial charge < -0.3 is 20.1 Å². The maximum atomic E-state index is 12.8. The van der Waals surface area contributed by atoms with E-state index in [1.54, 1.807) is 24.4 Å². The minimum absolute atomic E-state index is 0. The van der Waals surface area contributed by atoms with E-state index >= 15 is 0 Å². The fourth-order valence-corrected chi connectivity index (χ4v) is 4.36. The minimum Gasteiger partial charge on any atom is -0.494 e. The van der Waals surface area contributed by atoms with Crippen LogP contribution in [0.4, 0.5) is 13.2 Å². The van der Waals surface area contributed by atoms with Crippen molar-refractivity contribution in [2.24, 2.45) is 0 Å². The highest BCUT2D eigenvalue weighted by molar-refractivity contribution is 6.03. The van der Waals surface area contributed by atoms with Crippen LogP contribution in [0.1, 0.15) is 27.0 Å². The molecule has 2 aromatic heterocycles. The molecule has 7 nitrogen and oxygen atoms in total. The molecule has 0 radical (unpaired) electrons. The molecule has 11 heteroatoms. The average molecular weight is 547 g/mol. The molecule has 1 amide bonds. The molecule has 3 heterocycles. The van der Waals surface area contributed by atoms with Gasteiger partial charge in [-0.1, -0.05) is 18.2 Å². The van der Waals surface area contributed by atoms with E-state index in [1.807, 2.05) is 12.1 Å². The fraction of sp³-hybridized carbons (Fsp3) is 0.259. The number of nitrogens with zero attached hydrogens (tertiary/aromatic N) is 2. The molecule has 2 aromatic carbocycles. The van der Waals surface area contributed by atoms with E-state index in [0.717, 1.165) is 50.5 Å². The van der Waals surface area contributed by atoms with Gasteiger partial charge in [0.05, 0.1) is 30.0 Å². The number of fused-ring (bicyclic) bond motifs is 1. The molecule has 0 unspecified atom stereocenters. The summed E-state index contributed by atoms with van der Waals surface area (Å²) in [5.41, 5.74) is 2.91. The molecule has 1 aliphatic heterocycles. The predicted molar refractivity (Wildman–Crippen MR) is 139 cm³/mol. The zero-order valence-electron chi connectivity index (χ0n) is 20.2. The number of ether oxygens (including phenoxy) is 1. The Hall–Kier alpha value is -3.60. The van der Waals surface area contributed by atoms with Gasteiger partial charge in [-0.3, -0.25) is 14.7 Å². The van der Waals surface area contributed by atoms with Crippen LogP contribution in [0.3, 0.4) is 0 Å². The third-order valence-corrected chi connectivity index (χ3v) is 6.37. The average Bonchev–Trinajstić information content (AvgIpc) is 3.23. The van der Waals surface area contributed by atoms with Crippen molar-refractivity contribution in [3.05, 3.63) is 83.0 Å². The van der Waals surface area contributed by atoms with E-state index in [2.05, 4.69) is 20.2 Å². The molecule has 1 fully saturated rings. The van der Waals surface area contributed by atoms with E-state index in [0.29, 0.717) is 33.3 Å². The molecule has 4 aromatic rings. The van der Waals surface area contributed by atoms with Crippen LogP contribution in [0.2, 0.25) is 0 Å². The second-order valence-electron chi connectivity index (χ2n) is 8.93. The van der Waals surface area contributed by atoms with Gasteiger partial charge in [-0.25, -0.2) is 0 Å². The molecule has 0 bridgehead atoms. The molecule has 0 saturated carbocycles. The third kappa shape index (κ3) is 6.09. The zero-order valence-corrected chi connectivity index (χ0v) is 21.0. The van der Waals surface area contributed by atoms with Gasteiger partial charge in [0, 0.05) is 48.8 Å². The highest BCUT2D eigenvalue weighted by atomic mass is 35.5. The summed E-state index contributed by atoms with van der Waals surface area (Å²) in [5, 5.41) is 13.9. The number of hydrogen-bond donors (Lipinski definition) is 3. The van der Waals surface area contributed by atoms with Crippen molar-refractivity contribution >= 4 is 29.2 Å². The molecular formula is C27H26ClF3N4O3. The van der Waals surface area contributed by atoms with Crippen LogP contribution in [0.15, 0.2) is 60.8 Å². The van der Waals surface area contributed by atoms with Crippen molar-refractivity contribution < 1.29 is 27.8 Å². The van der Waals surface area contributed by atoms with Crippen molar-refractivity contribution in [2.45, 2.75) is 19.3 Å². The molecule has 200 valence electrons. The van der Waals surface area contributed by atoms with Crippen LogP contribution in [0.25, 0.3) is 22.2 Å². The summed E-state index contributed by atoms with van der Waals surface area (Å²) in [5.74, 6) is -0.437. The fourth-order valence-electron chi connectivity index (χ4n) is 4.36. The Bertz CT molecular complexity index is 1400. The van der Waals surface area contributed by atoms with E-state index in [-0.39, 0.29) is 30.7 Å². The number of morpholine rings is 1. The van der Waals surface area contributed by atoms with Crippen molar-refractivity contribution in [3.8, 4) is 17.1 Å². The molecule has 0 spiro atoms. The van der Waals surface area contributed by atoms with Crippen molar-refractivity contribution in [1.29, 1.82) is 0 Å². The second-order valence-corrected chi connectivity index (χ2v) is 8.93. The Morgan fingerprint density at radius 3 is 2.42 bits per heavy atom. The molecular weight excluding hydrogens is 521 g/mol. The van der Waals surface area contributed by atoms with Crippen molar-refractivity contribution in [2.75, 3.05) is 26.3 Å². The van der Waals surface area contributed by atoms with Crippen LogP contribution in [-0.4, -0.2) is 52.2 Å². The third-order valence-electron chi connectivity index (χ3n) is 6.37. The summed E-state index contributed by atoms with van der Waals surface area (Å²) in [4.78, 5) is 22.5. The summed E-state index contributed by atoms with van der Waals surface area (Å²) in [6.07, 6.45) is -2.63. The lowest BCUT2D eigenvalue weighted by molar-refractivity contribution is -0.137. The van der Waals surface area contributed by atoms with Gasteiger partial charge >= 0.3 is 6.18 Å². The summed E-state index contributed by atoms with van der Waals surface area (Å²) >= 11 is 0. The highest BCUT2D eigenvalue weighted by Crippen LogP contribution is 2.36. The lowest BCUT2D eigenvalue weighted by atomic mass is 10.1. The summed E-state index contributed by atoms with van der Waals surface area (Å²) < 4.78 is 43.6. The smallest absolute Gasteiger partial charge is 0.416 e. The standard InChI is InChI=1S/C27H25F3N4O3.ClH/c28-27(29,30)20-5-1-17(2-6-20)14-32-25(35)19-4-8-22-21(13-19)24(26(36)33-22)23-7-3-18(15-31-23)16-34-9-11-37-12-10-34;/h1-8,13,15,33,36H,9-12,14,16H2,(H,32,35);1H. The summed E-state index contributed by atoms with van der Waals surface area (Å²) in [6.45, 7) is 4.01. The van der Waals surface area contributed by atoms with Crippen LogP contribution in [0.5, 0.6) is 5.88 Å². The number of aromatic amines is 1. The van der Waals surface area contributed by atoms with Gasteiger partial charge in [0.25, 0.3) is 5.91 Å². The Balaban J connectivity index is 0.00000336. The molecule has 3 N–H and O–H groups in total. The number of carbonyl (C=O) groups is 1. The maximum Gasteiger partial charge on any atom is 0.416 e. The first-order chi connectivity index (χ1) is 17.8. The highest BCUT2D eigenvalue weighted by Gasteiger charge is 2.30. The number of aromatic nitrogens is 2. The normalized spacial score (nSPS) is 14.3. The molecule has 38 heavy (non-hydrogen) atoms. The van der Waals surface area contributed by atoms with Crippen LogP contribution < -0.4 is 5.32 Å². The van der Waals surface area contributed by atoms with Gasteiger partial charge in [-0.15, -0.1) is 12.4 Å². The van der Waals surface area contributed by atoms with Crippen LogP contribution in [-0.2, 0) is 24.0 Å². The van der Waals surface area contributed by atoms with E-state index in [9.17, 15) is 23.1 Å². The molecule has 0 atom stereocenters. The quantitative estimate of drug-likeness (QED) is 0.312. The SMILES string of the molecule is Cl.O=C(NCc1ccc(C(F)(F)F)cc1)c1ccc2[nH]c(O)c(-c3ccc(CN4CCOCC4)cn3)c2c1. The number of aromatic hydroxyl groups is 1. The minimum atomic E-state index is -4.41. The molecule has 0 aliphatic carbocycles. The lowest BCUT2D eigenvalue weighted by Gasteiger charge is -2.26. The van der Waals surface area contributed by atoms with Crippen LogP contribution in [0, 0.1) is 0 Å². The topological polar surface area (TPSA) is 90.5 Å². The Morgan fingerprint density at radius 2 is 1.76 bits per heavy atom. The van der Waals surface area contributed by atoms with Crippen molar-refractivity contribution in [1.82, 2.24) is 20.2 Å². The van der Waals surface area contributed by atoms with Gasteiger partial charge in [0.15, 0.2) is 5.88 Å². The molecule has 1 saturated heterocycles. The number of alkyl halides is 3. The van der Waals surface area contributed by atoms with E-state index in [1.165, 1.54) is 12.1 Å². The number of H-pyrrole nitrogens is 1. The number of halogens is 4. The van der Waals surface area contributed by atoms with Gasteiger partial charge in [0.2, 0.25) is 0 Å². The summed E-state index contributed by atoms with van der Waals surface area (Å²) in [7, 11) is 0. The molecule has 1 aliphatic rings. The van der Waals surface area contributed by atoms with E-state index in [4.69, 9.17) is 4.74 Å². The van der Waals surface area contributed by atoms with Gasteiger partial charge in [0.1, 0.15) is 0 Å². The van der Waals surface area contributed by atoms with Crippen molar-refractivity contribution in [3.63, 3.8) is 0 Å². The first kappa shape index (κ1) is 27.4. The predicted octanol–water partition coefficient (Wildman–Crippen LogP) is 5.14. The second kappa shape index (κ2) is 11.4. The number of benzene rings is 2. The van der Waals surface area contributed by atoms with Crippen LogP contribution >= 0.6 is 12.4 Å². The number of nitrogens with one attached hydrogen (secondary N) is 2. The van der Waals surface area contributed by atoms with Gasteiger partial charge in [-0.05, 0) is 47.5 Å². The monoisotopic (exact) mass is 546 g/mol. The first-order valence-electron chi connectivity index (χ1n) is 11.8. The number of hydrogen-bond acceptors (Lipinski definition) is 5. The van der Waals surface area contributed by atoms with Gasteiger partial charge in [-0.2, -0.15) is 13.2 Å². The number of carbonyl (C=O) groups excluding carboxylic acids is 1. The largest absolute Gasteiger partial charge is 0.494 e.